The number of benzene rings is 4. The highest BCUT2D eigenvalue weighted by atomic mass is 16.6. The molecule has 8 rings (SSSR count). The van der Waals surface area contributed by atoms with Gasteiger partial charge in [-0.2, -0.15) is 0 Å². The molecular formula is C48H60N4O12. The third-order valence-electron chi connectivity index (χ3n) is 10.0. The molecule has 3 amide bonds. The van der Waals surface area contributed by atoms with Gasteiger partial charge in [-0.05, 0) is 119 Å². The highest BCUT2D eigenvalue weighted by molar-refractivity contribution is 5.95. The summed E-state index contributed by atoms with van der Waals surface area (Å²) in [5.74, 6) is 0.483. The Morgan fingerprint density at radius 1 is 0.547 bits per heavy atom. The van der Waals surface area contributed by atoms with Gasteiger partial charge >= 0.3 is 18.0 Å². The number of rotatable bonds is 8. The topological polar surface area (TPSA) is 216 Å². The molecule has 5 N–H and O–H groups in total. The van der Waals surface area contributed by atoms with Gasteiger partial charge in [0.25, 0.3) is 11.8 Å². The average molecular weight is 885 g/mol. The van der Waals surface area contributed by atoms with E-state index in [0.717, 1.165) is 37.7 Å². The number of aromatic carboxylic acids is 1. The summed E-state index contributed by atoms with van der Waals surface area (Å²) in [5.41, 5.74) is -2.01. The van der Waals surface area contributed by atoms with Crippen LogP contribution in [0.3, 0.4) is 0 Å². The molecule has 4 aromatic carbocycles. The quantitative estimate of drug-likeness (QED) is 0.128. The fourth-order valence-electron chi connectivity index (χ4n) is 6.01. The number of amides is 3. The lowest BCUT2D eigenvalue weighted by Gasteiger charge is -2.35. The predicted molar refractivity (Wildman–Crippen MR) is 239 cm³/mol. The summed E-state index contributed by atoms with van der Waals surface area (Å²) >= 11 is 0. The molecule has 16 nitrogen and oxygen atoms in total. The Labute approximate surface area is 374 Å². The maximum Gasteiger partial charge on any atom is 0.410 e. The zero-order valence-corrected chi connectivity index (χ0v) is 35.8. The normalized spacial score (nSPS) is 16.5. The first-order valence-electron chi connectivity index (χ1n) is 20.8. The third kappa shape index (κ3) is 15.7. The number of para-hydroxylation sites is 2. The SMILES string of the molecule is C.CC(C)(C)OC(=O)N1CCNCC1.O=C(O)C1(O)CC1.O=C(O)c1ccc(Oc2ccccc2)cc1.O=C(c1ccc(Oc2ccccc2)cc1)N1CCN(C(=O)C2(O)CC2)CC1. The molecular weight excluding hydrogens is 825 g/mol. The molecule has 2 saturated heterocycles. The van der Waals surface area contributed by atoms with E-state index >= 15 is 0 Å². The van der Waals surface area contributed by atoms with Gasteiger partial charge in [0.05, 0.1) is 5.56 Å². The standard InChI is InChI=1S/C21H22N2O4.C13H10O3.C9H18N2O2.C4H6O3.CH4/c24-19(22-12-14-23(15-13-22)20(25)21(26)10-11-21)16-6-8-18(9-7-16)27-17-4-2-1-3-5-17;14-13(15)10-6-8-12(9-7-10)16-11-4-2-1-3-5-11;1-9(2,3)13-8(12)11-6-4-10-5-7-11;5-3(6)4(7)1-2-4;/h1-9,26H,10-15H2;1-9H,(H,14,15);10H,4-7H2,1-3H3;7H,1-2H2,(H,5,6);1H4. The highest BCUT2D eigenvalue weighted by Crippen LogP contribution is 2.37. The molecule has 2 heterocycles. The van der Waals surface area contributed by atoms with Gasteiger partial charge in [-0.25, -0.2) is 14.4 Å². The number of aliphatic carboxylic acids is 1. The van der Waals surface area contributed by atoms with E-state index in [2.05, 4.69) is 5.32 Å². The van der Waals surface area contributed by atoms with Crippen LogP contribution in [-0.2, 0) is 14.3 Å². The molecule has 0 spiro atoms. The van der Waals surface area contributed by atoms with Crippen LogP contribution in [0.1, 0.15) is 74.6 Å². The number of carboxylic acid groups (broad SMARTS) is 2. The van der Waals surface area contributed by atoms with Crippen LogP contribution < -0.4 is 14.8 Å². The number of hydrogen-bond acceptors (Lipinski definition) is 11. The Morgan fingerprint density at radius 2 is 0.953 bits per heavy atom. The summed E-state index contributed by atoms with van der Waals surface area (Å²) in [4.78, 5) is 62.0. The smallest absolute Gasteiger partial charge is 0.410 e. The van der Waals surface area contributed by atoms with E-state index in [-0.39, 0.29) is 36.5 Å². The number of aliphatic hydroxyl groups is 2. The van der Waals surface area contributed by atoms with Gasteiger partial charge in [0.15, 0.2) is 5.60 Å². The molecule has 0 aromatic heterocycles. The van der Waals surface area contributed by atoms with Crippen molar-refractivity contribution in [2.45, 2.75) is 70.7 Å². The molecule has 16 heteroatoms. The fourth-order valence-corrected chi connectivity index (χ4v) is 6.01. The van der Waals surface area contributed by atoms with Crippen LogP contribution >= 0.6 is 0 Å². The van der Waals surface area contributed by atoms with Crippen molar-refractivity contribution >= 4 is 29.8 Å². The molecule has 64 heavy (non-hydrogen) atoms. The summed E-state index contributed by atoms with van der Waals surface area (Å²) < 4.78 is 16.5. The molecule has 2 aliphatic heterocycles. The van der Waals surface area contributed by atoms with Crippen molar-refractivity contribution < 1.29 is 58.6 Å². The largest absolute Gasteiger partial charge is 0.479 e. The molecule has 344 valence electrons. The number of piperazine rings is 2. The number of hydrogen-bond donors (Lipinski definition) is 5. The number of carboxylic acids is 2. The van der Waals surface area contributed by atoms with Gasteiger partial charge in [0.1, 0.15) is 34.2 Å². The molecule has 0 bridgehead atoms. The highest BCUT2D eigenvalue weighted by Gasteiger charge is 2.50. The van der Waals surface area contributed by atoms with E-state index in [1.54, 1.807) is 51.1 Å². The zero-order valence-electron chi connectivity index (χ0n) is 35.8. The Morgan fingerprint density at radius 3 is 1.33 bits per heavy atom. The predicted octanol–water partition coefficient (Wildman–Crippen LogP) is 6.52. The van der Waals surface area contributed by atoms with E-state index in [1.165, 1.54) is 12.1 Å². The van der Waals surface area contributed by atoms with Crippen molar-refractivity contribution in [1.29, 1.82) is 0 Å². The number of carbonyl (C=O) groups is 5. The Kier molecular flexibility index (Phi) is 17.8. The maximum atomic E-state index is 12.7. The first-order valence-corrected chi connectivity index (χ1v) is 20.8. The van der Waals surface area contributed by atoms with Gasteiger partial charge in [0, 0.05) is 57.9 Å². The summed E-state index contributed by atoms with van der Waals surface area (Å²) in [5, 5.41) is 38.5. The number of nitrogens with one attached hydrogen (secondary N) is 1. The molecule has 0 radical (unpaired) electrons. The first-order chi connectivity index (χ1) is 29.9. The van der Waals surface area contributed by atoms with Gasteiger partial charge < -0.3 is 54.7 Å². The van der Waals surface area contributed by atoms with Crippen molar-refractivity contribution in [3.05, 3.63) is 120 Å². The van der Waals surface area contributed by atoms with Crippen molar-refractivity contribution in [2.24, 2.45) is 0 Å². The molecule has 2 aliphatic carbocycles. The minimum Gasteiger partial charge on any atom is -0.479 e. The molecule has 4 aliphatic rings. The van der Waals surface area contributed by atoms with Crippen LogP contribution in [0.15, 0.2) is 109 Å². The van der Waals surface area contributed by atoms with Crippen LogP contribution in [0.25, 0.3) is 0 Å². The first kappa shape index (κ1) is 50.2. The number of carbonyl (C=O) groups excluding carboxylic acids is 3. The lowest BCUT2D eigenvalue weighted by atomic mass is 10.1. The molecule has 4 aromatic rings. The van der Waals surface area contributed by atoms with Gasteiger partial charge in [-0.3, -0.25) is 9.59 Å². The summed E-state index contributed by atoms with van der Waals surface area (Å²) in [6.45, 7) is 10.7. The van der Waals surface area contributed by atoms with Gasteiger partial charge in [-0.1, -0.05) is 43.8 Å². The van der Waals surface area contributed by atoms with E-state index < -0.39 is 23.1 Å². The van der Waals surface area contributed by atoms with Crippen molar-refractivity contribution in [1.82, 2.24) is 20.0 Å². The Balaban J connectivity index is 0.000000207. The van der Waals surface area contributed by atoms with E-state index in [1.807, 2.05) is 81.4 Å². The molecule has 0 unspecified atom stereocenters. The van der Waals surface area contributed by atoms with Crippen molar-refractivity contribution in [3.63, 3.8) is 0 Å². The van der Waals surface area contributed by atoms with Crippen LogP contribution in [0, 0.1) is 0 Å². The second kappa shape index (κ2) is 22.7. The van der Waals surface area contributed by atoms with Crippen LogP contribution in [0.4, 0.5) is 4.79 Å². The second-order valence-corrected chi connectivity index (χ2v) is 16.4. The van der Waals surface area contributed by atoms with Crippen molar-refractivity contribution in [2.75, 3.05) is 52.4 Å². The monoisotopic (exact) mass is 884 g/mol. The van der Waals surface area contributed by atoms with E-state index in [0.29, 0.717) is 68.9 Å². The Hall–Kier alpha value is -6.49. The minimum absolute atomic E-state index is 0. The maximum absolute atomic E-state index is 12.7. The fraction of sp³-hybridized carbons (Fsp3) is 0.396. The van der Waals surface area contributed by atoms with Crippen LogP contribution in [-0.4, -0.2) is 134 Å². The summed E-state index contributed by atoms with van der Waals surface area (Å²) in [6.07, 6.45) is 1.73. The summed E-state index contributed by atoms with van der Waals surface area (Å²) in [6, 6.07) is 32.2. The number of nitrogens with zero attached hydrogens (tertiary/aromatic N) is 3. The average Bonchev–Trinajstić information content (AvgIpc) is 4.23. The third-order valence-corrected chi connectivity index (χ3v) is 10.0. The zero-order chi connectivity index (χ0) is 45.6. The minimum atomic E-state index is -1.33. The second-order valence-electron chi connectivity index (χ2n) is 16.4. The summed E-state index contributed by atoms with van der Waals surface area (Å²) in [7, 11) is 0. The van der Waals surface area contributed by atoms with E-state index in [9.17, 15) is 29.1 Å². The number of ether oxygens (including phenoxy) is 3. The molecule has 4 fully saturated rings. The van der Waals surface area contributed by atoms with Crippen LogP contribution in [0.5, 0.6) is 23.0 Å². The lowest BCUT2D eigenvalue weighted by molar-refractivity contribution is -0.149. The van der Waals surface area contributed by atoms with Gasteiger partial charge in [-0.15, -0.1) is 0 Å². The molecule has 2 saturated carbocycles. The van der Waals surface area contributed by atoms with Crippen LogP contribution in [0.2, 0.25) is 0 Å². The molecule has 0 atom stereocenters. The van der Waals surface area contributed by atoms with Crippen molar-refractivity contribution in [3.8, 4) is 23.0 Å². The van der Waals surface area contributed by atoms with E-state index in [4.69, 9.17) is 29.5 Å². The Bertz CT molecular complexity index is 2120. The lowest BCUT2D eigenvalue weighted by Crippen LogP contribution is -2.53. The van der Waals surface area contributed by atoms with Gasteiger partial charge in [0.2, 0.25) is 0 Å².